The van der Waals surface area contributed by atoms with Crippen LogP contribution in [-0.4, -0.2) is 25.5 Å². The van der Waals surface area contributed by atoms with E-state index in [1.807, 2.05) is 39.0 Å². The van der Waals surface area contributed by atoms with Crippen molar-refractivity contribution < 1.29 is 19.1 Å². The maximum Gasteiger partial charge on any atom is 0.251 e. The second-order valence-corrected chi connectivity index (χ2v) is 6.74. The molecule has 2 aromatic carbocycles. The predicted molar refractivity (Wildman–Crippen MR) is 110 cm³/mol. The second kappa shape index (κ2) is 10.3. The number of carbonyl (C=O) groups is 2. The number of benzene rings is 2. The summed E-state index contributed by atoms with van der Waals surface area (Å²) in [5, 5.41) is 5.69. The van der Waals surface area contributed by atoms with Gasteiger partial charge < -0.3 is 20.1 Å². The first-order valence-electron chi connectivity index (χ1n) is 9.43. The summed E-state index contributed by atoms with van der Waals surface area (Å²) in [5.41, 5.74) is 2.11. The van der Waals surface area contributed by atoms with Crippen molar-refractivity contribution in [3.05, 3.63) is 53.6 Å². The van der Waals surface area contributed by atoms with Crippen LogP contribution in [0.1, 0.15) is 43.1 Å². The average Bonchev–Trinajstić information content (AvgIpc) is 2.71. The third-order valence-corrected chi connectivity index (χ3v) is 4.08. The van der Waals surface area contributed by atoms with Crippen LogP contribution < -0.4 is 20.1 Å². The van der Waals surface area contributed by atoms with E-state index in [1.165, 1.54) is 0 Å². The molecule has 0 saturated heterocycles. The normalized spacial score (nSPS) is 10.5. The fourth-order valence-corrected chi connectivity index (χ4v) is 2.43. The molecule has 2 amide bonds. The Hall–Kier alpha value is -3.02. The molecule has 2 N–H and O–H groups in total. The van der Waals surface area contributed by atoms with Crippen LogP contribution in [0.25, 0.3) is 0 Å². The van der Waals surface area contributed by atoms with Gasteiger partial charge in [0.25, 0.3) is 5.91 Å². The van der Waals surface area contributed by atoms with Crippen LogP contribution in [0.15, 0.2) is 42.5 Å². The van der Waals surface area contributed by atoms with E-state index >= 15 is 0 Å². The molecule has 0 aromatic heterocycles. The Kier molecular flexibility index (Phi) is 7.87. The van der Waals surface area contributed by atoms with Crippen LogP contribution >= 0.6 is 0 Å². The molecule has 0 spiro atoms. The molecule has 0 unspecified atom stereocenters. The van der Waals surface area contributed by atoms with Crippen LogP contribution in [0, 0.1) is 5.92 Å². The molecule has 2 rings (SSSR count). The molecule has 0 heterocycles. The molecule has 150 valence electrons. The van der Waals surface area contributed by atoms with E-state index in [-0.39, 0.29) is 17.7 Å². The van der Waals surface area contributed by atoms with Crippen molar-refractivity contribution in [3.8, 4) is 11.5 Å². The zero-order valence-electron chi connectivity index (χ0n) is 16.9. The fourth-order valence-electron chi connectivity index (χ4n) is 2.43. The zero-order chi connectivity index (χ0) is 20.5. The number of hydrogen-bond acceptors (Lipinski definition) is 4. The highest BCUT2D eigenvalue weighted by Gasteiger charge is 2.10. The van der Waals surface area contributed by atoms with Gasteiger partial charge in [-0.05, 0) is 48.4 Å². The number of nitrogens with one attached hydrogen (secondary N) is 2. The number of amides is 2. The van der Waals surface area contributed by atoms with Gasteiger partial charge in [-0.3, -0.25) is 9.59 Å². The van der Waals surface area contributed by atoms with Gasteiger partial charge in [-0.1, -0.05) is 26.8 Å². The summed E-state index contributed by atoms with van der Waals surface area (Å²) in [6.07, 6.45) is 0.918. The van der Waals surface area contributed by atoms with Crippen molar-refractivity contribution in [3.63, 3.8) is 0 Å². The molecule has 6 heteroatoms. The Balaban J connectivity index is 1.95. The lowest BCUT2D eigenvalue weighted by atomic mass is 10.1. The lowest BCUT2D eigenvalue weighted by Gasteiger charge is -2.12. The number of carbonyl (C=O) groups excluding carboxylic acids is 2. The maximum atomic E-state index is 12.4. The van der Waals surface area contributed by atoms with E-state index < -0.39 is 0 Å². The van der Waals surface area contributed by atoms with E-state index in [2.05, 4.69) is 10.6 Å². The van der Waals surface area contributed by atoms with Gasteiger partial charge in [0.2, 0.25) is 5.91 Å². The first kappa shape index (κ1) is 21.3. The summed E-state index contributed by atoms with van der Waals surface area (Å²) in [6.45, 7) is 6.69. The molecule has 0 radical (unpaired) electrons. The third-order valence-electron chi connectivity index (χ3n) is 4.08. The molecule has 0 saturated carbocycles. The van der Waals surface area contributed by atoms with Gasteiger partial charge in [0.1, 0.15) is 0 Å². The molecule has 0 fully saturated rings. The Bertz CT molecular complexity index is 801. The standard InChI is InChI=1S/C22H28N2O4/c1-5-12-28-19-11-6-16(13-20(19)27-4)14-23-22(26)17-7-9-18(10-8-17)24-21(25)15(2)3/h6-11,13,15H,5,12,14H2,1-4H3,(H,23,26)(H,24,25). The van der Waals surface area contributed by atoms with Crippen molar-refractivity contribution in [2.45, 2.75) is 33.7 Å². The van der Waals surface area contributed by atoms with Crippen LogP contribution in [0.2, 0.25) is 0 Å². The maximum absolute atomic E-state index is 12.4. The molecule has 28 heavy (non-hydrogen) atoms. The highest BCUT2D eigenvalue weighted by Crippen LogP contribution is 2.28. The fraction of sp³-hybridized carbons (Fsp3) is 0.364. The van der Waals surface area contributed by atoms with Gasteiger partial charge in [-0.2, -0.15) is 0 Å². The first-order valence-corrected chi connectivity index (χ1v) is 9.43. The van der Waals surface area contributed by atoms with Crippen molar-refractivity contribution in [1.29, 1.82) is 0 Å². The zero-order valence-corrected chi connectivity index (χ0v) is 16.9. The molecule has 2 aromatic rings. The summed E-state index contributed by atoms with van der Waals surface area (Å²) in [7, 11) is 1.59. The van der Waals surface area contributed by atoms with Crippen LogP contribution in [0.4, 0.5) is 5.69 Å². The van der Waals surface area contributed by atoms with E-state index in [0.29, 0.717) is 35.9 Å². The minimum absolute atomic E-state index is 0.0579. The lowest BCUT2D eigenvalue weighted by molar-refractivity contribution is -0.118. The molecule has 0 aliphatic rings. The van der Waals surface area contributed by atoms with E-state index in [9.17, 15) is 9.59 Å². The summed E-state index contributed by atoms with van der Waals surface area (Å²) in [6, 6.07) is 12.4. The quantitative estimate of drug-likeness (QED) is 0.685. The Morgan fingerprint density at radius 2 is 1.75 bits per heavy atom. The SMILES string of the molecule is CCCOc1ccc(CNC(=O)c2ccc(NC(=O)C(C)C)cc2)cc1OC. The van der Waals surface area contributed by atoms with Gasteiger partial charge in [-0.15, -0.1) is 0 Å². The molecule has 0 aliphatic heterocycles. The number of hydrogen-bond donors (Lipinski definition) is 2. The van der Waals surface area contributed by atoms with Crippen molar-refractivity contribution in [1.82, 2.24) is 5.32 Å². The van der Waals surface area contributed by atoms with Crippen molar-refractivity contribution in [2.24, 2.45) is 5.92 Å². The van der Waals surface area contributed by atoms with Gasteiger partial charge in [-0.25, -0.2) is 0 Å². The van der Waals surface area contributed by atoms with Gasteiger partial charge in [0.15, 0.2) is 11.5 Å². The highest BCUT2D eigenvalue weighted by atomic mass is 16.5. The second-order valence-electron chi connectivity index (χ2n) is 6.74. The van der Waals surface area contributed by atoms with Gasteiger partial charge in [0.05, 0.1) is 13.7 Å². The lowest BCUT2D eigenvalue weighted by Crippen LogP contribution is -2.23. The topological polar surface area (TPSA) is 76.7 Å². The molecular formula is C22H28N2O4. The van der Waals surface area contributed by atoms with Crippen LogP contribution in [-0.2, 0) is 11.3 Å². The first-order chi connectivity index (χ1) is 13.4. The summed E-state index contributed by atoms with van der Waals surface area (Å²) >= 11 is 0. The minimum atomic E-state index is -0.188. The van der Waals surface area contributed by atoms with E-state index in [4.69, 9.17) is 9.47 Å². The average molecular weight is 384 g/mol. The molecular weight excluding hydrogens is 356 g/mol. The highest BCUT2D eigenvalue weighted by molar-refractivity contribution is 5.96. The Morgan fingerprint density at radius 1 is 1.04 bits per heavy atom. The van der Waals surface area contributed by atoms with Gasteiger partial charge in [0, 0.05) is 23.7 Å². The number of rotatable bonds is 9. The molecule has 0 aliphatic carbocycles. The minimum Gasteiger partial charge on any atom is -0.493 e. The summed E-state index contributed by atoms with van der Waals surface area (Å²) in [5.74, 6) is 0.993. The van der Waals surface area contributed by atoms with Crippen molar-refractivity contribution in [2.75, 3.05) is 19.0 Å². The Labute approximate surface area is 166 Å². The van der Waals surface area contributed by atoms with Crippen LogP contribution in [0.5, 0.6) is 11.5 Å². The van der Waals surface area contributed by atoms with Crippen LogP contribution in [0.3, 0.4) is 0 Å². The number of anilines is 1. The number of ether oxygens (including phenoxy) is 2. The molecule has 0 bridgehead atoms. The Morgan fingerprint density at radius 3 is 2.36 bits per heavy atom. The predicted octanol–water partition coefficient (Wildman–Crippen LogP) is 4.01. The molecule has 0 atom stereocenters. The smallest absolute Gasteiger partial charge is 0.251 e. The van der Waals surface area contributed by atoms with Crippen molar-refractivity contribution >= 4 is 17.5 Å². The van der Waals surface area contributed by atoms with E-state index in [0.717, 1.165) is 12.0 Å². The third kappa shape index (κ3) is 6.01. The van der Waals surface area contributed by atoms with Gasteiger partial charge >= 0.3 is 0 Å². The molecule has 6 nitrogen and oxygen atoms in total. The van der Waals surface area contributed by atoms with E-state index in [1.54, 1.807) is 31.4 Å². The summed E-state index contributed by atoms with van der Waals surface area (Å²) < 4.78 is 11.0. The summed E-state index contributed by atoms with van der Waals surface area (Å²) in [4.78, 5) is 24.1. The largest absolute Gasteiger partial charge is 0.493 e. The monoisotopic (exact) mass is 384 g/mol. The number of methoxy groups -OCH3 is 1.